The highest BCUT2D eigenvalue weighted by Gasteiger charge is 2.51. The molecule has 0 radical (unpaired) electrons. The van der Waals surface area contributed by atoms with Crippen LogP contribution in [0.1, 0.15) is 6.92 Å². The third kappa shape index (κ3) is 5.55. The summed E-state index contributed by atoms with van der Waals surface area (Å²) in [7, 11) is 0. The Morgan fingerprint density at radius 3 is 2.12 bits per heavy atom. The lowest BCUT2D eigenvalue weighted by molar-refractivity contribution is -0.354. The molecule has 2 fully saturated rings. The molecule has 3 heterocycles. The van der Waals surface area contributed by atoms with Crippen molar-refractivity contribution in [2.75, 3.05) is 6.61 Å². The second-order valence-electron chi connectivity index (χ2n) is 10.2. The minimum atomic E-state index is -1.90. The average molecular weight is 611 g/mol. The molecule has 2 aliphatic rings. The van der Waals surface area contributed by atoms with Crippen LogP contribution in [0.3, 0.4) is 0 Å². The summed E-state index contributed by atoms with van der Waals surface area (Å²) in [6.07, 6.45) is -16.6. The molecule has 2 aliphatic heterocycles. The van der Waals surface area contributed by atoms with E-state index < -0.39 is 102 Å². The van der Waals surface area contributed by atoms with Crippen LogP contribution in [0.15, 0.2) is 39.5 Å². The van der Waals surface area contributed by atoms with E-state index in [-0.39, 0.29) is 22.3 Å². The highest BCUT2D eigenvalue weighted by molar-refractivity contribution is 5.85. The molecular formula is C27H30O16. The minimum Gasteiger partial charge on any atom is -0.504 e. The molecule has 2 saturated heterocycles. The van der Waals surface area contributed by atoms with Gasteiger partial charge in [0, 0.05) is 11.6 Å². The second kappa shape index (κ2) is 11.8. The first kappa shape index (κ1) is 30.7. The molecule has 234 valence electrons. The Kier molecular flexibility index (Phi) is 8.41. The van der Waals surface area contributed by atoms with Gasteiger partial charge < -0.3 is 74.4 Å². The van der Waals surface area contributed by atoms with Crippen LogP contribution in [0.2, 0.25) is 0 Å². The van der Waals surface area contributed by atoms with Crippen molar-refractivity contribution in [2.24, 2.45) is 0 Å². The van der Waals surface area contributed by atoms with Gasteiger partial charge in [-0.25, -0.2) is 0 Å². The van der Waals surface area contributed by atoms with E-state index in [2.05, 4.69) is 0 Å². The van der Waals surface area contributed by atoms with Crippen molar-refractivity contribution in [3.63, 3.8) is 0 Å². The molecule has 0 spiro atoms. The third-order valence-electron chi connectivity index (χ3n) is 7.34. The maximum atomic E-state index is 13.7. The Hall–Kier alpha value is -3.71. The number of aliphatic hydroxyl groups is 6. The van der Waals surface area contributed by atoms with Crippen LogP contribution in [0.4, 0.5) is 0 Å². The summed E-state index contributed by atoms with van der Waals surface area (Å²) >= 11 is 0. The number of benzene rings is 2. The summed E-state index contributed by atoms with van der Waals surface area (Å²) in [5.41, 5.74) is -1.21. The molecule has 0 amide bonds. The van der Waals surface area contributed by atoms with Crippen LogP contribution in [-0.2, 0) is 14.2 Å². The van der Waals surface area contributed by atoms with Crippen molar-refractivity contribution >= 4 is 11.0 Å². The van der Waals surface area contributed by atoms with Gasteiger partial charge in [-0.3, -0.25) is 4.79 Å². The van der Waals surface area contributed by atoms with Gasteiger partial charge in [-0.1, -0.05) is 0 Å². The first-order valence-electron chi connectivity index (χ1n) is 13.0. The summed E-state index contributed by atoms with van der Waals surface area (Å²) in [5.74, 6) is -3.45. The highest BCUT2D eigenvalue weighted by Crippen LogP contribution is 2.39. The van der Waals surface area contributed by atoms with Gasteiger partial charge in [-0.05, 0) is 31.2 Å². The number of aliphatic hydroxyl groups excluding tert-OH is 6. The maximum Gasteiger partial charge on any atom is 0.235 e. The van der Waals surface area contributed by atoms with E-state index >= 15 is 0 Å². The number of ether oxygens (including phenoxy) is 4. The Bertz CT molecular complexity index is 1540. The summed E-state index contributed by atoms with van der Waals surface area (Å²) in [6.45, 7) is 0.550. The number of rotatable bonds is 6. The molecule has 0 bridgehead atoms. The monoisotopic (exact) mass is 610 g/mol. The number of phenolic OH excluding ortho intramolecular Hbond substituents is 4. The molecule has 10 atom stereocenters. The van der Waals surface area contributed by atoms with Crippen LogP contribution in [0.5, 0.6) is 28.7 Å². The quantitative estimate of drug-likeness (QED) is 0.140. The summed E-state index contributed by atoms with van der Waals surface area (Å²) < 4.78 is 28.4. The first-order chi connectivity index (χ1) is 20.3. The van der Waals surface area contributed by atoms with Crippen molar-refractivity contribution in [1.29, 1.82) is 0 Å². The lowest BCUT2D eigenvalue weighted by atomic mass is 9.97. The van der Waals surface area contributed by atoms with Crippen molar-refractivity contribution in [2.45, 2.75) is 68.3 Å². The zero-order valence-electron chi connectivity index (χ0n) is 22.3. The van der Waals surface area contributed by atoms with Crippen molar-refractivity contribution in [3.8, 4) is 40.1 Å². The van der Waals surface area contributed by atoms with E-state index in [1.807, 2.05) is 0 Å². The van der Waals surface area contributed by atoms with Gasteiger partial charge in [0.05, 0.1) is 18.1 Å². The Labute approximate surface area is 241 Å². The minimum absolute atomic E-state index is 0.0265. The number of hydrogen-bond donors (Lipinski definition) is 10. The van der Waals surface area contributed by atoms with Gasteiger partial charge in [-0.15, -0.1) is 0 Å². The topological polar surface area (TPSA) is 269 Å². The van der Waals surface area contributed by atoms with Gasteiger partial charge in [0.1, 0.15) is 42.2 Å². The van der Waals surface area contributed by atoms with Crippen molar-refractivity contribution in [3.05, 3.63) is 40.6 Å². The van der Waals surface area contributed by atoms with E-state index in [1.165, 1.54) is 13.0 Å². The van der Waals surface area contributed by atoms with Crippen molar-refractivity contribution in [1.82, 2.24) is 0 Å². The van der Waals surface area contributed by atoms with E-state index in [0.29, 0.717) is 0 Å². The van der Waals surface area contributed by atoms with Crippen LogP contribution >= 0.6 is 0 Å². The van der Waals surface area contributed by atoms with Crippen LogP contribution < -0.4 is 10.2 Å². The van der Waals surface area contributed by atoms with E-state index in [0.717, 1.165) is 24.3 Å². The lowest BCUT2D eigenvalue weighted by Gasteiger charge is -2.45. The van der Waals surface area contributed by atoms with Crippen LogP contribution in [0.25, 0.3) is 22.3 Å². The van der Waals surface area contributed by atoms with Gasteiger partial charge in [0.25, 0.3) is 0 Å². The molecule has 1 aromatic heterocycles. The first-order valence-corrected chi connectivity index (χ1v) is 13.0. The summed E-state index contributed by atoms with van der Waals surface area (Å²) in [5, 5.41) is 101. The molecule has 10 N–H and O–H groups in total. The zero-order valence-corrected chi connectivity index (χ0v) is 22.3. The molecule has 0 unspecified atom stereocenters. The third-order valence-corrected chi connectivity index (χ3v) is 7.34. The van der Waals surface area contributed by atoms with Crippen LogP contribution in [0, 0.1) is 0 Å². The number of aromatic hydroxyl groups is 4. The van der Waals surface area contributed by atoms with Gasteiger partial charge in [0.2, 0.25) is 17.5 Å². The standard InChI is InChI=1S/C27H30O16/c1-8-17(33)20(36)22(38)26(39-8)43-25-21(37)19(35)16(7-28)41-27(25)42-24-18(34)10-5-13(31)14(32)6-15(10)40-23(24)9-2-3-11(29)12(30)4-9/h2-6,8,16-17,19-22,25-33,35-38H,7H2,1H3/t8-,16+,17+,19-,20-,21-,22+,25+,26+,27-/m1/s1. The molecule has 0 aliphatic carbocycles. The van der Waals surface area contributed by atoms with Gasteiger partial charge in [0.15, 0.2) is 41.2 Å². The fourth-order valence-corrected chi connectivity index (χ4v) is 4.86. The zero-order chi connectivity index (χ0) is 31.3. The molecule has 3 aromatic rings. The predicted octanol–water partition coefficient (Wildman–Crippen LogP) is -1.69. The fraction of sp³-hybridized carbons (Fsp3) is 0.444. The maximum absolute atomic E-state index is 13.7. The number of fused-ring (bicyclic) bond motifs is 1. The largest absolute Gasteiger partial charge is 0.504 e. The number of hydrogen-bond acceptors (Lipinski definition) is 16. The van der Waals surface area contributed by atoms with E-state index in [4.69, 9.17) is 23.4 Å². The molecule has 43 heavy (non-hydrogen) atoms. The van der Waals surface area contributed by atoms with E-state index in [9.17, 15) is 55.9 Å². The average Bonchev–Trinajstić information content (AvgIpc) is 2.97. The smallest absolute Gasteiger partial charge is 0.235 e. The molecule has 16 nitrogen and oxygen atoms in total. The highest BCUT2D eigenvalue weighted by atomic mass is 16.8. The predicted molar refractivity (Wildman–Crippen MR) is 140 cm³/mol. The molecule has 16 heteroatoms. The molecular weight excluding hydrogens is 580 g/mol. The Morgan fingerprint density at radius 2 is 1.44 bits per heavy atom. The summed E-state index contributed by atoms with van der Waals surface area (Å²) in [6, 6.07) is 5.20. The second-order valence-corrected chi connectivity index (χ2v) is 10.2. The van der Waals surface area contributed by atoms with Gasteiger partial charge in [-0.2, -0.15) is 0 Å². The van der Waals surface area contributed by atoms with Crippen molar-refractivity contribution < 1.29 is 74.4 Å². The van der Waals surface area contributed by atoms with Gasteiger partial charge >= 0.3 is 0 Å². The van der Waals surface area contributed by atoms with E-state index in [1.54, 1.807) is 0 Å². The fourth-order valence-electron chi connectivity index (χ4n) is 4.86. The molecule has 5 rings (SSSR count). The Balaban J connectivity index is 1.61. The normalized spacial score (nSPS) is 33.0. The SMILES string of the molecule is C[C@H]1O[C@@H](O[C@@H]2[C@@H](Oc3c(-c4ccc(O)c(O)c4)oc4cc(O)c(O)cc4c3=O)O[C@@H](CO)[C@@H](O)[C@H]2O)[C@@H](O)[C@H](O)[C@H]1O. The molecule has 0 saturated carbocycles. The number of phenols is 4. The molecule has 2 aromatic carbocycles. The lowest BCUT2D eigenvalue weighted by Crippen LogP contribution is -2.64. The summed E-state index contributed by atoms with van der Waals surface area (Å²) in [4.78, 5) is 13.7. The van der Waals surface area contributed by atoms with Crippen LogP contribution in [-0.4, -0.2) is 119 Å². The Morgan fingerprint density at radius 1 is 0.767 bits per heavy atom.